The van der Waals surface area contributed by atoms with Crippen LogP contribution in [0.3, 0.4) is 0 Å². The van der Waals surface area contributed by atoms with Gasteiger partial charge in [0.1, 0.15) is 6.04 Å². The highest BCUT2D eigenvalue weighted by atomic mass is 35.5. The van der Waals surface area contributed by atoms with Gasteiger partial charge in [-0.05, 0) is 12.1 Å². The Morgan fingerprint density at radius 3 is 3.08 bits per heavy atom. The van der Waals surface area contributed by atoms with Crippen molar-refractivity contribution in [3.63, 3.8) is 0 Å². The molecular formula is C16H14ClN5O3. The minimum Gasteiger partial charge on any atom is -0.480 e. The molecule has 1 aliphatic rings. The fourth-order valence-corrected chi connectivity index (χ4v) is 3.16. The molecule has 8 nitrogen and oxygen atoms in total. The number of carboxylic acids is 1. The van der Waals surface area contributed by atoms with E-state index in [4.69, 9.17) is 16.1 Å². The highest BCUT2D eigenvalue weighted by Crippen LogP contribution is 2.26. The smallest absolute Gasteiger partial charge is 0.321 e. The molecular weight excluding hydrogens is 346 g/mol. The van der Waals surface area contributed by atoms with E-state index in [0.29, 0.717) is 35.3 Å². The second kappa shape index (κ2) is 6.30. The summed E-state index contributed by atoms with van der Waals surface area (Å²) in [6.07, 6.45) is 1.91. The van der Waals surface area contributed by atoms with Crippen molar-refractivity contribution in [2.75, 3.05) is 0 Å². The quantitative estimate of drug-likeness (QED) is 0.734. The van der Waals surface area contributed by atoms with E-state index < -0.39 is 12.0 Å². The molecule has 0 amide bonds. The number of benzene rings is 1. The highest BCUT2D eigenvalue weighted by molar-refractivity contribution is 6.33. The van der Waals surface area contributed by atoms with Crippen LogP contribution in [0.1, 0.15) is 17.3 Å². The molecule has 0 saturated heterocycles. The van der Waals surface area contributed by atoms with Crippen LogP contribution in [0.4, 0.5) is 0 Å². The Kier molecular flexibility index (Phi) is 3.98. The van der Waals surface area contributed by atoms with E-state index in [1.165, 1.54) is 0 Å². The molecule has 0 radical (unpaired) electrons. The molecule has 1 aromatic carbocycles. The topological polar surface area (TPSA) is 108 Å². The highest BCUT2D eigenvalue weighted by Gasteiger charge is 2.34. The zero-order valence-corrected chi connectivity index (χ0v) is 13.8. The van der Waals surface area contributed by atoms with Crippen LogP contribution in [-0.4, -0.2) is 42.1 Å². The molecule has 0 bridgehead atoms. The van der Waals surface area contributed by atoms with Gasteiger partial charge in [0.2, 0.25) is 11.7 Å². The number of nitrogens with one attached hydrogen (secondary N) is 1. The SMILES string of the molecule is O=C(O)[C@H]1Cc2nc[nH]c2CN1Cc1nc(-c2ccccc2Cl)no1. The fourth-order valence-electron chi connectivity index (χ4n) is 2.94. The summed E-state index contributed by atoms with van der Waals surface area (Å²) in [4.78, 5) is 24.9. The Bertz CT molecular complexity index is 922. The summed E-state index contributed by atoms with van der Waals surface area (Å²) < 4.78 is 5.29. The molecule has 0 fully saturated rings. The van der Waals surface area contributed by atoms with Crippen molar-refractivity contribution in [1.82, 2.24) is 25.0 Å². The predicted molar refractivity (Wildman–Crippen MR) is 87.7 cm³/mol. The maximum atomic E-state index is 11.6. The van der Waals surface area contributed by atoms with Crippen molar-refractivity contribution in [1.29, 1.82) is 0 Å². The van der Waals surface area contributed by atoms with Crippen LogP contribution >= 0.6 is 11.6 Å². The largest absolute Gasteiger partial charge is 0.480 e. The number of aromatic amines is 1. The zero-order chi connectivity index (χ0) is 17.4. The van der Waals surface area contributed by atoms with E-state index in [0.717, 1.165) is 11.4 Å². The molecule has 2 N–H and O–H groups in total. The van der Waals surface area contributed by atoms with Crippen molar-refractivity contribution in [3.05, 3.63) is 52.9 Å². The molecule has 2 aromatic heterocycles. The summed E-state index contributed by atoms with van der Waals surface area (Å²) in [7, 11) is 0. The minimum absolute atomic E-state index is 0.229. The average molecular weight is 360 g/mol. The molecule has 0 spiro atoms. The van der Waals surface area contributed by atoms with E-state index in [1.54, 1.807) is 23.4 Å². The maximum absolute atomic E-state index is 11.6. The van der Waals surface area contributed by atoms with E-state index in [1.807, 2.05) is 12.1 Å². The number of aromatic nitrogens is 4. The zero-order valence-electron chi connectivity index (χ0n) is 13.0. The molecule has 3 heterocycles. The first-order valence-corrected chi connectivity index (χ1v) is 8.05. The van der Waals surface area contributed by atoms with Gasteiger partial charge in [0.05, 0.1) is 29.3 Å². The molecule has 4 rings (SSSR count). The van der Waals surface area contributed by atoms with Crippen LogP contribution in [0, 0.1) is 0 Å². The summed E-state index contributed by atoms with van der Waals surface area (Å²) in [5.74, 6) is -0.185. The van der Waals surface area contributed by atoms with Crippen LogP contribution in [0.5, 0.6) is 0 Å². The number of fused-ring (bicyclic) bond motifs is 1. The van der Waals surface area contributed by atoms with Gasteiger partial charge in [-0.1, -0.05) is 28.9 Å². The third-order valence-corrected chi connectivity index (χ3v) is 4.53. The van der Waals surface area contributed by atoms with Gasteiger partial charge < -0.3 is 14.6 Å². The number of carbonyl (C=O) groups is 1. The Morgan fingerprint density at radius 2 is 2.28 bits per heavy atom. The fraction of sp³-hybridized carbons (Fsp3) is 0.250. The number of hydrogen-bond donors (Lipinski definition) is 2. The number of rotatable bonds is 4. The van der Waals surface area contributed by atoms with Crippen molar-refractivity contribution in [2.24, 2.45) is 0 Å². The number of nitrogens with zero attached hydrogens (tertiary/aromatic N) is 4. The second-order valence-corrected chi connectivity index (χ2v) is 6.19. The van der Waals surface area contributed by atoms with Gasteiger partial charge in [0, 0.05) is 18.5 Å². The normalized spacial score (nSPS) is 17.4. The van der Waals surface area contributed by atoms with Crippen molar-refractivity contribution >= 4 is 17.6 Å². The van der Waals surface area contributed by atoms with E-state index in [-0.39, 0.29) is 6.54 Å². The maximum Gasteiger partial charge on any atom is 0.321 e. The molecule has 0 aliphatic carbocycles. The van der Waals surface area contributed by atoms with Crippen molar-refractivity contribution in [3.8, 4) is 11.4 Å². The van der Waals surface area contributed by atoms with Crippen molar-refractivity contribution < 1.29 is 14.4 Å². The van der Waals surface area contributed by atoms with Gasteiger partial charge >= 0.3 is 5.97 Å². The first kappa shape index (κ1) is 15.8. The monoisotopic (exact) mass is 359 g/mol. The van der Waals surface area contributed by atoms with Gasteiger partial charge in [0.15, 0.2) is 0 Å². The van der Waals surface area contributed by atoms with E-state index in [2.05, 4.69) is 20.1 Å². The number of carboxylic acid groups (broad SMARTS) is 1. The minimum atomic E-state index is -0.903. The van der Waals surface area contributed by atoms with Gasteiger partial charge in [-0.15, -0.1) is 0 Å². The standard InChI is InChI=1S/C16H14ClN5O3/c17-10-4-2-1-3-9(10)15-20-14(25-21-15)7-22-6-12-11(18-8-19-12)5-13(22)16(23)24/h1-4,8,13H,5-7H2,(H,18,19)(H,23,24)/t13-/m1/s1. The Labute approximate surface area is 147 Å². The molecule has 25 heavy (non-hydrogen) atoms. The molecule has 3 aromatic rings. The summed E-state index contributed by atoms with van der Waals surface area (Å²) in [5, 5.41) is 14.0. The molecule has 128 valence electrons. The average Bonchev–Trinajstić information content (AvgIpc) is 3.23. The number of imidazole rings is 1. The summed E-state index contributed by atoms with van der Waals surface area (Å²) >= 11 is 6.15. The Morgan fingerprint density at radius 1 is 1.44 bits per heavy atom. The van der Waals surface area contributed by atoms with E-state index in [9.17, 15) is 9.90 Å². The molecule has 1 aliphatic heterocycles. The lowest BCUT2D eigenvalue weighted by atomic mass is 10.0. The van der Waals surface area contributed by atoms with Gasteiger partial charge in [-0.3, -0.25) is 9.69 Å². The first-order chi connectivity index (χ1) is 12.1. The molecule has 0 saturated carbocycles. The second-order valence-electron chi connectivity index (χ2n) is 5.78. The third-order valence-electron chi connectivity index (χ3n) is 4.20. The summed E-state index contributed by atoms with van der Waals surface area (Å²) in [5.41, 5.74) is 2.36. The molecule has 9 heteroatoms. The number of hydrogen-bond acceptors (Lipinski definition) is 6. The summed E-state index contributed by atoms with van der Waals surface area (Å²) in [6.45, 7) is 0.656. The lowest BCUT2D eigenvalue weighted by molar-refractivity contribution is -0.144. The lowest BCUT2D eigenvalue weighted by Crippen LogP contribution is -2.45. The number of aliphatic carboxylic acids is 1. The van der Waals surface area contributed by atoms with E-state index >= 15 is 0 Å². The lowest BCUT2D eigenvalue weighted by Gasteiger charge is -2.30. The van der Waals surface area contributed by atoms with Gasteiger partial charge in [0.25, 0.3) is 0 Å². The third kappa shape index (κ3) is 3.01. The van der Waals surface area contributed by atoms with Crippen LogP contribution in [0.2, 0.25) is 5.02 Å². The van der Waals surface area contributed by atoms with Crippen LogP contribution in [0.25, 0.3) is 11.4 Å². The summed E-state index contributed by atoms with van der Waals surface area (Å²) in [6, 6.07) is 6.51. The molecule has 0 unspecified atom stereocenters. The molecule has 1 atom stereocenters. The Balaban J connectivity index is 1.57. The van der Waals surface area contributed by atoms with Gasteiger partial charge in [-0.2, -0.15) is 4.98 Å². The van der Waals surface area contributed by atoms with Crippen LogP contribution < -0.4 is 0 Å². The number of halogens is 1. The van der Waals surface area contributed by atoms with Gasteiger partial charge in [-0.25, -0.2) is 4.98 Å². The van der Waals surface area contributed by atoms with Crippen LogP contribution in [-0.2, 0) is 24.3 Å². The number of H-pyrrole nitrogens is 1. The van der Waals surface area contributed by atoms with Crippen LogP contribution in [0.15, 0.2) is 35.1 Å². The Hall–Kier alpha value is -2.71. The van der Waals surface area contributed by atoms with Crippen molar-refractivity contribution in [2.45, 2.75) is 25.6 Å². The predicted octanol–water partition coefficient (Wildman–Crippen LogP) is 2.12. The first-order valence-electron chi connectivity index (χ1n) is 7.67.